The number of rotatable bonds is 4. The van der Waals surface area contributed by atoms with Crippen LogP contribution in [0.1, 0.15) is 11.5 Å². The van der Waals surface area contributed by atoms with Crippen LogP contribution in [0.2, 0.25) is 4.34 Å². The number of halogens is 1. The quantitative estimate of drug-likeness (QED) is 0.881. The van der Waals surface area contributed by atoms with E-state index in [2.05, 4.69) is 10.6 Å². The number of carbonyl (C=O) groups excluding carboxylic acids is 1. The van der Waals surface area contributed by atoms with Crippen molar-refractivity contribution in [3.05, 3.63) is 46.3 Å². The van der Waals surface area contributed by atoms with E-state index in [0.29, 0.717) is 22.6 Å². The second kappa shape index (κ2) is 7.21. The van der Waals surface area contributed by atoms with Gasteiger partial charge in [0.05, 0.1) is 35.7 Å². The zero-order valence-corrected chi connectivity index (χ0v) is 14.1. The third kappa shape index (κ3) is 3.96. The lowest BCUT2D eigenvalue weighted by Gasteiger charge is -2.19. The summed E-state index contributed by atoms with van der Waals surface area (Å²) in [7, 11) is 1.64. The van der Waals surface area contributed by atoms with Gasteiger partial charge in [0.1, 0.15) is 5.75 Å². The topological polar surface area (TPSA) is 59.6 Å². The molecular weight excluding hydrogens is 336 g/mol. The van der Waals surface area contributed by atoms with E-state index in [0.717, 1.165) is 11.3 Å². The van der Waals surface area contributed by atoms with Crippen LogP contribution >= 0.6 is 22.9 Å². The summed E-state index contributed by atoms with van der Waals surface area (Å²) in [6.07, 6.45) is 0. The SMILES string of the molecule is COc1ccc([C@H]2COC[C@H]2NC(=O)Nc2ccc(Cl)s2)cc1. The Labute approximate surface area is 143 Å². The van der Waals surface area contributed by atoms with E-state index in [-0.39, 0.29) is 18.0 Å². The van der Waals surface area contributed by atoms with E-state index in [9.17, 15) is 4.79 Å². The molecule has 0 saturated carbocycles. The molecule has 2 N–H and O–H groups in total. The van der Waals surface area contributed by atoms with Crippen LogP contribution in [0, 0.1) is 0 Å². The van der Waals surface area contributed by atoms with Crippen LogP contribution in [0.3, 0.4) is 0 Å². The Kier molecular flexibility index (Phi) is 5.05. The van der Waals surface area contributed by atoms with Gasteiger partial charge >= 0.3 is 6.03 Å². The van der Waals surface area contributed by atoms with Crippen LogP contribution in [-0.2, 0) is 4.74 Å². The van der Waals surface area contributed by atoms with E-state index in [4.69, 9.17) is 21.1 Å². The maximum Gasteiger partial charge on any atom is 0.320 e. The predicted molar refractivity (Wildman–Crippen MR) is 91.8 cm³/mol. The average molecular weight is 353 g/mol. The maximum atomic E-state index is 12.1. The van der Waals surface area contributed by atoms with Crippen molar-refractivity contribution in [3.8, 4) is 5.75 Å². The van der Waals surface area contributed by atoms with Crippen molar-refractivity contribution in [2.24, 2.45) is 0 Å². The average Bonchev–Trinajstić information content (AvgIpc) is 3.16. The molecule has 122 valence electrons. The molecule has 0 aliphatic carbocycles. The van der Waals surface area contributed by atoms with E-state index in [1.807, 2.05) is 24.3 Å². The highest BCUT2D eigenvalue weighted by atomic mass is 35.5. The Hall–Kier alpha value is -1.76. The molecule has 7 heteroatoms. The summed E-state index contributed by atoms with van der Waals surface area (Å²) < 4.78 is 11.4. The molecule has 3 rings (SSSR count). The van der Waals surface area contributed by atoms with Gasteiger partial charge in [0.2, 0.25) is 0 Å². The lowest BCUT2D eigenvalue weighted by Crippen LogP contribution is -2.41. The third-order valence-electron chi connectivity index (χ3n) is 3.75. The number of nitrogens with one attached hydrogen (secondary N) is 2. The lowest BCUT2D eigenvalue weighted by atomic mass is 9.94. The van der Waals surface area contributed by atoms with Crippen molar-refractivity contribution >= 4 is 34.0 Å². The first-order valence-electron chi connectivity index (χ1n) is 7.20. The molecule has 0 radical (unpaired) electrons. The van der Waals surface area contributed by atoms with Gasteiger partial charge in [0, 0.05) is 5.92 Å². The Morgan fingerprint density at radius 3 is 2.70 bits per heavy atom. The van der Waals surface area contributed by atoms with Crippen LogP contribution in [0.4, 0.5) is 9.80 Å². The summed E-state index contributed by atoms with van der Waals surface area (Å²) in [5.74, 6) is 0.933. The first kappa shape index (κ1) is 16.1. The summed E-state index contributed by atoms with van der Waals surface area (Å²) in [6.45, 7) is 1.08. The number of carbonyl (C=O) groups is 1. The monoisotopic (exact) mass is 352 g/mol. The molecule has 1 aromatic carbocycles. The second-order valence-electron chi connectivity index (χ2n) is 5.23. The minimum Gasteiger partial charge on any atom is -0.497 e. The van der Waals surface area contributed by atoms with Gasteiger partial charge in [-0.3, -0.25) is 5.32 Å². The standard InChI is InChI=1S/C16H17ClN2O3S/c1-21-11-4-2-10(3-5-11)12-8-22-9-13(12)18-16(20)19-15-7-6-14(17)23-15/h2-7,12-13H,8-9H2,1H3,(H2,18,19,20)/t12-,13-/m1/s1. The van der Waals surface area contributed by atoms with Crippen LogP contribution in [0.25, 0.3) is 0 Å². The fraction of sp³-hybridized carbons (Fsp3) is 0.312. The van der Waals surface area contributed by atoms with Crippen molar-refractivity contribution in [3.63, 3.8) is 0 Å². The summed E-state index contributed by atoms with van der Waals surface area (Å²) in [5.41, 5.74) is 1.12. The van der Waals surface area contributed by atoms with Gasteiger partial charge in [-0.05, 0) is 29.8 Å². The van der Waals surface area contributed by atoms with E-state index in [1.54, 1.807) is 19.2 Å². The molecule has 0 unspecified atom stereocenters. The van der Waals surface area contributed by atoms with Crippen molar-refractivity contribution < 1.29 is 14.3 Å². The first-order valence-corrected chi connectivity index (χ1v) is 8.39. The van der Waals surface area contributed by atoms with Crippen LogP contribution in [0.15, 0.2) is 36.4 Å². The van der Waals surface area contributed by atoms with Crippen molar-refractivity contribution in [2.75, 3.05) is 25.6 Å². The molecule has 0 bridgehead atoms. The van der Waals surface area contributed by atoms with Crippen LogP contribution in [-0.4, -0.2) is 32.4 Å². The van der Waals surface area contributed by atoms with Gasteiger partial charge < -0.3 is 14.8 Å². The summed E-state index contributed by atoms with van der Waals surface area (Å²) >= 11 is 7.18. The number of hydrogen-bond donors (Lipinski definition) is 2. The molecule has 2 heterocycles. The largest absolute Gasteiger partial charge is 0.497 e. The molecular formula is C16H17ClN2O3S. The number of hydrogen-bond acceptors (Lipinski definition) is 4. The van der Waals surface area contributed by atoms with Gasteiger partial charge in [-0.15, -0.1) is 11.3 Å². The van der Waals surface area contributed by atoms with Crippen molar-refractivity contribution in [2.45, 2.75) is 12.0 Å². The Morgan fingerprint density at radius 1 is 1.26 bits per heavy atom. The van der Waals surface area contributed by atoms with Crippen LogP contribution < -0.4 is 15.4 Å². The molecule has 0 spiro atoms. The first-order chi connectivity index (χ1) is 11.2. The number of benzene rings is 1. The molecule has 1 aliphatic heterocycles. The van der Waals surface area contributed by atoms with Gasteiger partial charge in [-0.25, -0.2) is 4.79 Å². The summed E-state index contributed by atoms with van der Waals surface area (Å²) in [5, 5.41) is 6.47. The number of anilines is 1. The highest BCUT2D eigenvalue weighted by Crippen LogP contribution is 2.28. The van der Waals surface area contributed by atoms with Gasteiger partial charge in [0.15, 0.2) is 0 Å². The predicted octanol–water partition coefficient (Wildman–Crippen LogP) is 3.71. The molecule has 1 aliphatic rings. The molecule has 2 aromatic rings. The summed E-state index contributed by atoms with van der Waals surface area (Å²) in [4.78, 5) is 12.1. The number of amides is 2. The normalized spacial score (nSPS) is 20.3. The second-order valence-corrected chi connectivity index (χ2v) is 6.94. The fourth-order valence-corrected chi connectivity index (χ4v) is 3.51. The third-order valence-corrected chi connectivity index (χ3v) is 4.90. The maximum absolute atomic E-state index is 12.1. The smallest absolute Gasteiger partial charge is 0.320 e. The zero-order chi connectivity index (χ0) is 16.2. The van der Waals surface area contributed by atoms with Gasteiger partial charge in [-0.1, -0.05) is 23.7 Å². The van der Waals surface area contributed by atoms with Crippen LogP contribution in [0.5, 0.6) is 5.75 Å². The zero-order valence-electron chi connectivity index (χ0n) is 12.5. The number of thiophene rings is 1. The molecule has 5 nitrogen and oxygen atoms in total. The minimum atomic E-state index is -0.252. The highest BCUT2D eigenvalue weighted by molar-refractivity contribution is 7.20. The number of urea groups is 1. The highest BCUT2D eigenvalue weighted by Gasteiger charge is 2.31. The Balaban J connectivity index is 1.62. The van der Waals surface area contributed by atoms with Gasteiger partial charge in [0.25, 0.3) is 0 Å². The van der Waals surface area contributed by atoms with E-state index < -0.39 is 0 Å². The number of ether oxygens (including phenoxy) is 2. The molecule has 2 atom stereocenters. The molecule has 23 heavy (non-hydrogen) atoms. The Bertz CT molecular complexity index is 674. The van der Waals surface area contributed by atoms with Crippen molar-refractivity contribution in [1.82, 2.24) is 5.32 Å². The van der Waals surface area contributed by atoms with Crippen molar-refractivity contribution in [1.29, 1.82) is 0 Å². The van der Waals surface area contributed by atoms with E-state index >= 15 is 0 Å². The molecule has 1 saturated heterocycles. The van der Waals surface area contributed by atoms with E-state index in [1.165, 1.54) is 11.3 Å². The van der Waals surface area contributed by atoms with Gasteiger partial charge in [-0.2, -0.15) is 0 Å². The lowest BCUT2D eigenvalue weighted by molar-refractivity contribution is 0.187. The number of methoxy groups -OCH3 is 1. The Morgan fingerprint density at radius 2 is 2.04 bits per heavy atom. The minimum absolute atomic E-state index is 0.0705. The molecule has 1 fully saturated rings. The molecule has 1 aromatic heterocycles. The summed E-state index contributed by atoms with van der Waals surface area (Å²) in [6, 6.07) is 11.0. The fourth-order valence-electron chi connectivity index (χ4n) is 2.57. The molecule has 2 amide bonds.